The van der Waals surface area contributed by atoms with Crippen molar-refractivity contribution in [1.82, 2.24) is 5.32 Å². The fourth-order valence-electron chi connectivity index (χ4n) is 4.24. The molecule has 2 heterocycles. The lowest BCUT2D eigenvalue weighted by Gasteiger charge is -2.36. The van der Waals surface area contributed by atoms with Crippen molar-refractivity contribution in [2.45, 2.75) is 39.7 Å². The van der Waals surface area contributed by atoms with Gasteiger partial charge in [-0.1, -0.05) is 17.2 Å². The molecule has 0 spiro atoms. The second-order valence-corrected chi connectivity index (χ2v) is 8.31. The Hall–Kier alpha value is -2.38. The molecule has 1 aromatic carbocycles. The van der Waals surface area contributed by atoms with Crippen molar-refractivity contribution in [1.29, 1.82) is 0 Å². The average Bonchev–Trinajstić information content (AvgIpc) is 2.73. The number of amides is 2. The second kappa shape index (κ2) is 10.3. The highest BCUT2D eigenvalue weighted by Crippen LogP contribution is 2.37. The standard InChI is InChI=1S/C23H30ClN3O4/c1-5-27(17-6-8-31-9-7-17)20-12-16(24)11-18(21(20)30-4)22(28)25-13-19-14(2)10-15(3)26-23(19)29/h10-12,17,19H,5-9,13H2,1-4H3,(H,25,28). The van der Waals surface area contributed by atoms with E-state index < -0.39 is 5.92 Å². The first kappa shape index (κ1) is 23.3. The van der Waals surface area contributed by atoms with E-state index in [-0.39, 0.29) is 24.4 Å². The minimum atomic E-state index is -0.466. The summed E-state index contributed by atoms with van der Waals surface area (Å²) in [6, 6.07) is 3.73. The summed E-state index contributed by atoms with van der Waals surface area (Å²) >= 11 is 6.41. The third-order valence-electron chi connectivity index (χ3n) is 5.80. The van der Waals surface area contributed by atoms with Gasteiger partial charge in [-0.15, -0.1) is 0 Å². The lowest BCUT2D eigenvalue weighted by atomic mass is 9.95. The van der Waals surface area contributed by atoms with Gasteiger partial charge < -0.3 is 19.7 Å². The number of benzene rings is 1. The number of halogens is 1. The van der Waals surface area contributed by atoms with Crippen molar-refractivity contribution in [3.05, 3.63) is 34.4 Å². The summed E-state index contributed by atoms with van der Waals surface area (Å²) in [5, 5.41) is 3.32. The summed E-state index contributed by atoms with van der Waals surface area (Å²) in [6.07, 6.45) is 3.67. The Bertz CT molecular complexity index is 906. The first-order valence-corrected chi connectivity index (χ1v) is 11.0. The molecule has 1 unspecified atom stereocenters. The number of nitrogens with zero attached hydrogens (tertiary/aromatic N) is 2. The monoisotopic (exact) mass is 447 g/mol. The van der Waals surface area contributed by atoms with E-state index >= 15 is 0 Å². The molecule has 0 radical (unpaired) electrons. The summed E-state index contributed by atoms with van der Waals surface area (Å²) in [5.41, 5.74) is 2.70. The summed E-state index contributed by atoms with van der Waals surface area (Å²) in [7, 11) is 1.55. The van der Waals surface area contributed by atoms with E-state index in [1.807, 2.05) is 19.1 Å². The van der Waals surface area contributed by atoms with Crippen LogP contribution in [0.4, 0.5) is 5.69 Å². The minimum Gasteiger partial charge on any atom is -0.494 e. The zero-order valence-corrected chi connectivity index (χ0v) is 19.3. The van der Waals surface area contributed by atoms with Gasteiger partial charge in [-0.05, 0) is 51.8 Å². The maximum absolute atomic E-state index is 13.1. The molecule has 168 valence electrons. The van der Waals surface area contributed by atoms with Crippen LogP contribution in [0.5, 0.6) is 5.75 Å². The quantitative estimate of drug-likeness (QED) is 0.690. The lowest BCUT2D eigenvalue weighted by molar-refractivity contribution is -0.120. The molecule has 1 atom stereocenters. The van der Waals surface area contributed by atoms with E-state index in [1.54, 1.807) is 20.1 Å². The summed E-state index contributed by atoms with van der Waals surface area (Å²) < 4.78 is 11.2. The van der Waals surface area contributed by atoms with Crippen LogP contribution in [0.25, 0.3) is 0 Å². The Kier molecular flexibility index (Phi) is 7.73. The molecule has 2 amide bonds. The molecule has 3 rings (SSSR count). The zero-order chi connectivity index (χ0) is 22.5. The molecule has 1 N–H and O–H groups in total. The number of nitrogens with one attached hydrogen (secondary N) is 1. The molecule has 0 aliphatic carbocycles. The number of rotatable bonds is 7. The molecule has 1 fully saturated rings. The largest absolute Gasteiger partial charge is 0.494 e. The van der Waals surface area contributed by atoms with Gasteiger partial charge in [-0.2, -0.15) is 0 Å². The number of carbonyl (C=O) groups excluding carboxylic acids is 2. The van der Waals surface area contributed by atoms with Crippen LogP contribution in [0.2, 0.25) is 5.02 Å². The van der Waals surface area contributed by atoms with Crippen molar-refractivity contribution >= 4 is 34.8 Å². The van der Waals surface area contributed by atoms with Crippen LogP contribution in [0.1, 0.15) is 44.0 Å². The molecule has 1 saturated heterocycles. The smallest absolute Gasteiger partial charge is 0.255 e. The van der Waals surface area contributed by atoms with Gasteiger partial charge in [-0.3, -0.25) is 9.59 Å². The van der Waals surface area contributed by atoms with E-state index in [0.29, 0.717) is 35.3 Å². The van der Waals surface area contributed by atoms with Crippen LogP contribution in [0.15, 0.2) is 28.8 Å². The number of hydrogen-bond donors (Lipinski definition) is 1. The van der Waals surface area contributed by atoms with Crippen LogP contribution in [0, 0.1) is 5.92 Å². The topological polar surface area (TPSA) is 80.2 Å². The molecule has 2 aliphatic heterocycles. The Labute approximate surface area is 188 Å². The highest BCUT2D eigenvalue weighted by Gasteiger charge is 2.28. The number of ether oxygens (including phenoxy) is 2. The molecule has 0 aromatic heterocycles. The summed E-state index contributed by atoms with van der Waals surface area (Å²) in [4.78, 5) is 31.6. The van der Waals surface area contributed by atoms with Gasteiger partial charge in [0, 0.05) is 43.1 Å². The number of methoxy groups -OCH3 is 1. The van der Waals surface area contributed by atoms with Crippen molar-refractivity contribution in [2.24, 2.45) is 10.9 Å². The van der Waals surface area contributed by atoms with Crippen LogP contribution >= 0.6 is 11.6 Å². The molecule has 31 heavy (non-hydrogen) atoms. The van der Waals surface area contributed by atoms with E-state index in [4.69, 9.17) is 21.1 Å². The molecular weight excluding hydrogens is 418 g/mol. The Morgan fingerprint density at radius 3 is 2.65 bits per heavy atom. The minimum absolute atomic E-state index is 0.166. The van der Waals surface area contributed by atoms with Gasteiger partial charge in [0.25, 0.3) is 11.8 Å². The number of carbonyl (C=O) groups is 2. The van der Waals surface area contributed by atoms with Crippen molar-refractivity contribution < 1.29 is 19.1 Å². The first-order valence-electron chi connectivity index (χ1n) is 10.6. The van der Waals surface area contributed by atoms with Crippen molar-refractivity contribution in [3.8, 4) is 5.75 Å². The number of aliphatic imine (C=N–C) groups is 1. The van der Waals surface area contributed by atoms with Gasteiger partial charge in [-0.25, -0.2) is 4.99 Å². The second-order valence-electron chi connectivity index (χ2n) is 7.88. The number of dihydropyridines is 1. The lowest BCUT2D eigenvalue weighted by Crippen LogP contribution is -2.40. The first-order chi connectivity index (χ1) is 14.8. The van der Waals surface area contributed by atoms with E-state index in [9.17, 15) is 9.59 Å². The van der Waals surface area contributed by atoms with Gasteiger partial charge in [0.05, 0.1) is 24.3 Å². The third-order valence-corrected chi connectivity index (χ3v) is 6.02. The van der Waals surface area contributed by atoms with E-state index in [2.05, 4.69) is 22.1 Å². The normalized spacial score (nSPS) is 19.5. The average molecular weight is 448 g/mol. The number of anilines is 1. The number of allylic oxidation sites excluding steroid dienone is 1. The molecular formula is C23H30ClN3O4. The number of hydrogen-bond acceptors (Lipinski definition) is 5. The van der Waals surface area contributed by atoms with Gasteiger partial charge in [0.1, 0.15) is 0 Å². The fraction of sp³-hybridized carbons (Fsp3) is 0.522. The third kappa shape index (κ3) is 5.28. The van der Waals surface area contributed by atoms with E-state index in [1.165, 1.54) is 0 Å². The Morgan fingerprint density at radius 2 is 2.03 bits per heavy atom. The molecule has 0 saturated carbocycles. The Balaban J connectivity index is 1.84. The molecule has 7 nitrogen and oxygen atoms in total. The van der Waals surface area contributed by atoms with Crippen LogP contribution in [0.3, 0.4) is 0 Å². The maximum Gasteiger partial charge on any atom is 0.255 e. The fourth-order valence-corrected chi connectivity index (χ4v) is 4.46. The summed E-state index contributed by atoms with van der Waals surface area (Å²) in [5.74, 6) is -0.568. The Morgan fingerprint density at radius 1 is 1.32 bits per heavy atom. The van der Waals surface area contributed by atoms with E-state index in [0.717, 1.165) is 30.6 Å². The SMILES string of the molecule is CCN(c1cc(Cl)cc(C(=O)NCC2C(=O)N=C(C)C=C2C)c1OC)C1CCOCC1. The highest BCUT2D eigenvalue weighted by atomic mass is 35.5. The molecule has 2 aliphatic rings. The van der Waals surface area contributed by atoms with Gasteiger partial charge in [0.2, 0.25) is 0 Å². The van der Waals surface area contributed by atoms with Gasteiger partial charge in [0.15, 0.2) is 5.75 Å². The predicted molar refractivity (Wildman–Crippen MR) is 123 cm³/mol. The maximum atomic E-state index is 13.1. The van der Waals surface area contributed by atoms with Gasteiger partial charge >= 0.3 is 0 Å². The highest BCUT2D eigenvalue weighted by molar-refractivity contribution is 6.31. The van der Waals surface area contributed by atoms with Crippen LogP contribution < -0.4 is 15.0 Å². The molecule has 0 bridgehead atoms. The van der Waals surface area contributed by atoms with Crippen LogP contribution in [-0.2, 0) is 9.53 Å². The van der Waals surface area contributed by atoms with Crippen molar-refractivity contribution in [3.63, 3.8) is 0 Å². The predicted octanol–water partition coefficient (Wildman–Crippen LogP) is 3.65. The zero-order valence-electron chi connectivity index (χ0n) is 18.5. The van der Waals surface area contributed by atoms with Crippen molar-refractivity contribution in [2.75, 3.05) is 38.3 Å². The molecule has 1 aromatic rings. The summed E-state index contributed by atoms with van der Waals surface area (Å²) in [6.45, 7) is 8.06. The molecule has 8 heteroatoms. The van der Waals surface area contributed by atoms with Crippen LogP contribution in [-0.4, -0.2) is 57.0 Å².